The molecule has 2 aliphatic rings. The van der Waals surface area contributed by atoms with E-state index in [4.69, 9.17) is 5.73 Å². The van der Waals surface area contributed by atoms with Gasteiger partial charge in [0, 0.05) is 35.5 Å². The number of alkyl halides is 3. The summed E-state index contributed by atoms with van der Waals surface area (Å²) in [6.45, 7) is -0.0783. The van der Waals surface area contributed by atoms with Crippen LogP contribution >= 0.6 is 0 Å². The van der Waals surface area contributed by atoms with E-state index in [-0.39, 0.29) is 23.7 Å². The third kappa shape index (κ3) is 3.58. The highest BCUT2D eigenvalue weighted by atomic mass is 19.4. The SMILES string of the molecule is Nc1ccncc1NCc1cc2c(cc1F)[C@@](C#CC1CC1)(C(F)(F)F)NC(=O)N2. The average Bonchev–Trinajstić information content (AvgIpc) is 3.49. The number of nitrogen functional groups attached to an aromatic ring is 1. The Labute approximate surface area is 169 Å². The van der Waals surface area contributed by atoms with Gasteiger partial charge in [-0.2, -0.15) is 13.2 Å². The normalized spacial score (nSPS) is 20.3. The Hall–Kier alpha value is -3.48. The molecule has 10 heteroatoms. The Morgan fingerprint density at radius 2 is 2.10 bits per heavy atom. The molecule has 5 N–H and O–H groups in total. The number of nitrogens with two attached hydrogens (primary N) is 1. The predicted octanol–water partition coefficient (Wildman–Crippen LogP) is 3.72. The molecule has 156 valence electrons. The fourth-order valence-corrected chi connectivity index (χ4v) is 3.13. The van der Waals surface area contributed by atoms with Crippen LogP contribution in [0.3, 0.4) is 0 Å². The molecule has 6 nitrogen and oxygen atoms in total. The van der Waals surface area contributed by atoms with Gasteiger partial charge in [0.2, 0.25) is 5.54 Å². The quantitative estimate of drug-likeness (QED) is 0.451. The summed E-state index contributed by atoms with van der Waals surface area (Å²) in [7, 11) is 0. The smallest absolute Gasteiger partial charge is 0.397 e. The van der Waals surface area contributed by atoms with Gasteiger partial charge < -0.3 is 21.7 Å². The Morgan fingerprint density at radius 1 is 1.33 bits per heavy atom. The van der Waals surface area contributed by atoms with Crippen molar-refractivity contribution in [3.63, 3.8) is 0 Å². The molecule has 4 rings (SSSR count). The molecule has 0 radical (unpaired) electrons. The zero-order valence-electron chi connectivity index (χ0n) is 15.5. The number of benzene rings is 1. The second-order valence-corrected chi connectivity index (χ2v) is 7.18. The maximum atomic E-state index is 14.8. The Bertz CT molecular complexity index is 1070. The lowest BCUT2D eigenvalue weighted by Gasteiger charge is -2.37. The molecule has 1 atom stereocenters. The molecule has 1 aliphatic carbocycles. The summed E-state index contributed by atoms with van der Waals surface area (Å²) in [5.41, 5.74) is 3.06. The fraction of sp³-hybridized carbons (Fsp3) is 0.300. The zero-order valence-corrected chi connectivity index (χ0v) is 15.5. The first-order chi connectivity index (χ1) is 14.2. The van der Waals surface area contributed by atoms with Gasteiger partial charge in [-0.1, -0.05) is 11.8 Å². The van der Waals surface area contributed by atoms with Gasteiger partial charge in [0.1, 0.15) is 5.82 Å². The van der Waals surface area contributed by atoms with Crippen LogP contribution in [0, 0.1) is 23.6 Å². The van der Waals surface area contributed by atoms with E-state index in [0.717, 1.165) is 6.07 Å². The first-order valence-corrected chi connectivity index (χ1v) is 9.14. The van der Waals surface area contributed by atoms with Gasteiger partial charge in [0.15, 0.2) is 0 Å². The van der Waals surface area contributed by atoms with Gasteiger partial charge >= 0.3 is 12.2 Å². The van der Waals surface area contributed by atoms with Gasteiger partial charge in [0.25, 0.3) is 0 Å². The standard InChI is InChI=1S/C20H17F4N5O/c21-14-8-13-16(7-12(14)9-27-17-10-26-6-4-15(17)25)28-18(30)29-19(13,20(22,23)24)5-3-11-1-2-11/h4,6-8,10-11,27H,1-2,9H2,(H2,25,26)(H2,28,29,30)/t19-/m0/s1. The van der Waals surface area contributed by atoms with E-state index in [2.05, 4.69) is 27.5 Å². The van der Waals surface area contributed by atoms with Crippen molar-refractivity contribution in [2.24, 2.45) is 5.92 Å². The van der Waals surface area contributed by atoms with Crippen molar-refractivity contribution >= 4 is 23.1 Å². The molecule has 30 heavy (non-hydrogen) atoms. The minimum absolute atomic E-state index is 0.0467. The summed E-state index contributed by atoms with van der Waals surface area (Å²) in [6, 6.07) is 2.42. The minimum atomic E-state index is -4.95. The van der Waals surface area contributed by atoms with E-state index in [1.807, 2.05) is 5.32 Å². The first kappa shape index (κ1) is 19.8. The lowest BCUT2D eigenvalue weighted by Crippen LogP contribution is -2.59. The molecule has 0 spiro atoms. The molecule has 1 aromatic heterocycles. The average molecular weight is 419 g/mol. The van der Waals surface area contributed by atoms with Gasteiger partial charge in [-0.15, -0.1) is 0 Å². The number of anilines is 3. The zero-order chi connectivity index (χ0) is 21.5. The number of aromatic nitrogens is 1. The molecule has 2 aromatic rings. The summed E-state index contributed by atoms with van der Waals surface area (Å²) >= 11 is 0. The third-order valence-corrected chi connectivity index (χ3v) is 4.93. The number of hydrogen-bond acceptors (Lipinski definition) is 4. The summed E-state index contributed by atoms with van der Waals surface area (Å²) in [5.74, 6) is 3.72. The molecule has 0 bridgehead atoms. The molecule has 0 unspecified atom stereocenters. The number of nitrogens with zero attached hydrogens (tertiary/aromatic N) is 1. The highest BCUT2D eigenvalue weighted by Crippen LogP contribution is 2.45. The third-order valence-electron chi connectivity index (χ3n) is 4.93. The van der Waals surface area contributed by atoms with Crippen molar-refractivity contribution in [1.82, 2.24) is 10.3 Å². The van der Waals surface area contributed by atoms with Crippen LogP contribution < -0.4 is 21.7 Å². The van der Waals surface area contributed by atoms with Crippen LogP contribution in [0.15, 0.2) is 30.6 Å². The summed E-state index contributed by atoms with van der Waals surface area (Å²) in [5, 5.41) is 7.06. The lowest BCUT2D eigenvalue weighted by atomic mass is 9.85. The van der Waals surface area contributed by atoms with Crippen LogP contribution in [0.4, 0.5) is 39.4 Å². The maximum absolute atomic E-state index is 14.8. The van der Waals surface area contributed by atoms with Crippen LogP contribution in [0.1, 0.15) is 24.0 Å². The molecule has 2 heterocycles. The van der Waals surface area contributed by atoms with Crippen LogP contribution in [0.2, 0.25) is 0 Å². The Balaban J connectivity index is 1.73. The number of rotatable bonds is 3. The van der Waals surface area contributed by atoms with E-state index in [0.29, 0.717) is 24.2 Å². The number of amides is 2. The van der Waals surface area contributed by atoms with E-state index in [1.165, 1.54) is 18.5 Å². The molecular formula is C20H17F4N5O. The van der Waals surface area contributed by atoms with E-state index in [9.17, 15) is 22.4 Å². The van der Waals surface area contributed by atoms with Crippen LogP contribution in [0.25, 0.3) is 0 Å². The highest BCUT2D eigenvalue weighted by molar-refractivity contribution is 5.95. The number of halogens is 4. The largest absolute Gasteiger partial charge is 0.427 e. The maximum Gasteiger partial charge on any atom is 0.427 e. The molecule has 1 aliphatic heterocycles. The fourth-order valence-electron chi connectivity index (χ4n) is 3.13. The number of hydrogen-bond donors (Lipinski definition) is 4. The molecule has 1 fully saturated rings. The Kier molecular flexibility index (Phi) is 4.68. The first-order valence-electron chi connectivity index (χ1n) is 9.14. The van der Waals surface area contributed by atoms with Crippen LogP contribution in [0.5, 0.6) is 0 Å². The van der Waals surface area contributed by atoms with E-state index >= 15 is 0 Å². The summed E-state index contributed by atoms with van der Waals surface area (Å²) < 4.78 is 57.0. The number of pyridine rings is 1. The Morgan fingerprint density at radius 3 is 2.77 bits per heavy atom. The summed E-state index contributed by atoms with van der Waals surface area (Å²) in [4.78, 5) is 15.9. The van der Waals surface area contributed by atoms with E-state index in [1.54, 1.807) is 6.07 Å². The summed E-state index contributed by atoms with van der Waals surface area (Å²) in [6.07, 6.45) is -0.605. The number of nitrogens with one attached hydrogen (secondary N) is 3. The number of fused-ring (bicyclic) bond motifs is 1. The molecule has 1 aromatic carbocycles. The van der Waals surface area contributed by atoms with Crippen LogP contribution in [-0.4, -0.2) is 17.2 Å². The lowest BCUT2D eigenvalue weighted by molar-refractivity contribution is -0.178. The van der Waals surface area contributed by atoms with Crippen molar-refractivity contribution in [3.05, 3.63) is 47.5 Å². The van der Waals surface area contributed by atoms with E-state index < -0.39 is 29.1 Å². The number of urea groups is 1. The van der Waals surface area contributed by atoms with Gasteiger partial charge in [-0.05, 0) is 31.0 Å². The van der Waals surface area contributed by atoms with Crippen LogP contribution in [-0.2, 0) is 12.1 Å². The van der Waals surface area contributed by atoms with Gasteiger partial charge in [-0.25, -0.2) is 9.18 Å². The second kappa shape index (κ2) is 7.09. The predicted molar refractivity (Wildman–Crippen MR) is 103 cm³/mol. The highest BCUT2D eigenvalue weighted by Gasteiger charge is 2.59. The van der Waals surface area contributed by atoms with Crippen molar-refractivity contribution in [2.75, 3.05) is 16.4 Å². The topological polar surface area (TPSA) is 92.1 Å². The molecule has 1 saturated carbocycles. The minimum Gasteiger partial charge on any atom is -0.397 e. The van der Waals surface area contributed by atoms with Crippen molar-refractivity contribution in [3.8, 4) is 11.8 Å². The monoisotopic (exact) mass is 419 g/mol. The molecule has 2 amide bonds. The second-order valence-electron chi connectivity index (χ2n) is 7.18. The van der Waals surface area contributed by atoms with Gasteiger partial charge in [-0.3, -0.25) is 4.98 Å². The van der Waals surface area contributed by atoms with Gasteiger partial charge in [0.05, 0.1) is 17.6 Å². The number of carbonyl (C=O) groups is 1. The van der Waals surface area contributed by atoms with Crippen molar-refractivity contribution in [2.45, 2.75) is 31.1 Å². The number of carbonyl (C=O) groups excluding carboxylic acids is 1. The van der Waals surface area contributed by atoms with Crippen molar-refractivity contribution < 1.29 is 22.4 Å². The molecular weight excluding hydrogens is 402 g/mol. The van der Waals surface area contributed by atoms with Crippen molar-refractivity contribution in [1.29, 1.82) is 0 Å². The molecule has 0 saturated heterocycles.